The van der Waals surface area contributed by atoms with Crippen molar-refractivity contribution in [3.05, 3.63) is 83.1 Å². The van der Waals surface area contributed by atoms with Gasteiger partial charge >= 0.3 is 0 Å². The van der Waals surface area contributed by atoms with E-state index < -0.39 is 5.25 Å². The normalized spacial score (nSPS) is 11.6. The fraction of sp³-hybridized carbons (Fsp3) is 0.0870. The fourth-order valence-electron chi connectivity index (χ4n) is 2.93. The zero-order chi connectivity index (χ0) is 21.6. The predicted molar refractivity (Wildman–Crippen MR) is 130 cm³/mol. The first-order valence-corrected chi connectivity index (χ1v) is 12.1. The van der Waals surface area contributed by atoms with Gasteiger partial charge in [0.05, 0.1) is 10.6 Å². The van der Waals surface area contributed by atoms with Gasteiger partial charge < -0.3 is 10.6 Å². The largest absolute Gasteiger partial charge is 0.326 e. The monoisotopic (exact) mass is 465 g/mol. The Kier molecular flexibility index (Phi) is 6.81. The van der Waals surface area contributed by atoms with Crippen LogP contribution in [0.2, 0.25) is 0 Å². The van der Waals surface area contributed by atoms with Gasteiger partial charge in [0.1, 0.15) is 5.25 Å². The summed E-state index contributed by atoms with van der Waals surface area (Å²) in [6, 6.07) is 21.1. The van der Waals surface area contributed by atoms with Gasteiger partial charge in [-0.25, -0.2) is 4.98 Å². The highest BCUT2D eigenvalue weighted by atomic mass is 32.2. The van der Waals surface area contributed by atoms with Crippen LogP contribution in [0, 0.1) is 0 Å². The minimum absolute atomic E-state index is 0.134. The molecule has 5 nitrogen and oxygen atoms in total. The number of amides is 2. The lowest BCUT2D eigenvalue weighted by molar-refractivity contribution is -0.116. The van der Waals surface area contributed by atoms with E-state index in [1.807, 2.05) is 77.5 Å². The Morgan fingerprint density at radius 2 is 1.81 bits per heavy atom. The van der Waals surface area contributed by atoms with Crippen molar-refractivity contribution in [2.75, 3.05) is 10.6 Å². The van der Waals surface area contributed by atoms with E-state index in [0.29, 0.717) is 10.8 Å². The molecule has 4 rings (SSSR count). The summed E-state index contributed by atoms with van der Waals surface area (Å²) in [7, 11) is 0. The third-order valence-electron chi connectivity index (χ3n) is 4.26. The first-order chi connectivity index (χ1) is 15.1. The summed E-state index contributed by atoms with van der Waals surface area (Å²) in [4.78, 5) is 31.1. The third kappa shape index (κ3) is 5.61. The molecule has 2 heterocycles. The van der Waals surface area contributed by atoms with Gasteiger partial charge in [-0.15, -0.1) is 34.4 Å². The zero-order valence-electron chi connectivity index (χ0n) is 16.6. The van der Waals surface area contributed by atoms with Crippen LogP contribution in [0.15, 0.2) is 82.4 Å². The molecule has 0 aliphatic heterocycles. The maximum atomic E-state index is 13.2. The number of aromatic nitrogens is 1. The van der Waals surface area contributed by atoms with Crippen LogP contribution in [-0.2, 0) is 9.59 Å². The minimum atomic E-state index is -0.470. The number of benzene rings is 2. The molecular weight excluding hydrogens is 446 g/mol. The van der Waals surface area contributed by atoms with E-state index in [-0.39, 0.29) is 11.8 Å². The molecule has 1 atom stereocenters. The minimum Gasteiger partial charge on any atom is -0.326 e. The first-order valence-electron chi connectivity index (χ1n) is 9.48. The van der Waals surface area contributed by atoms with Crippen LogP contribution < -0.4 is 10.6 Å². The molecule has 31 heavy (non-hydrogen) atoms. The van der Waals surface area contributed by atoms with Gasteiger partial charge in [-0.1, -0.05) is 42.5 Å². The summed E-state index contributed by atoms with van der Waals surface area (Å²) in [6.45, 7) is 1.47. The Balaban J connectivity index is 1.55. The van der Waals surface area contributed by atoms with Crippen LogP contribution in [0.4, 0.5) is 10.8 Å². The molecule has 0 saturated carbocycles. The third-order valence-corrected chi connectivity index (χ3v) is 7.15. The maximum Gasteiger partial charge on any atom is 0.244 e. The van der Waals surface area contributed by atoms with Gasteiger partial charge in [0.25, 0.3) is 0 Å². The van der Waals surface area contributed by atoms with Crippen molar-refractivity contribution in [2.24, 2.45) is 0 Å². The second-order valence-electron chi connectivity index (χ2n) is 6.62. The molecule has 4 aromatic rings. The lowest BCUT2D eigenvalue weighted by atomic mass is 10.1. The molecule has 2 N–H and O–H groups in total. The van der Waals surface area contributed by atoms with E-state index in [9.17, 15) is 9.59 Å². The van der Waals surface area contributed by atoms with Crippen molar-refractivity contribution in [1.29, 1.82) is 0 Å². The Bertz CT molecular complexity index is 1170. The van der Waals surface area contributed by atoms with E-state index >= 15 is 0 Å². The average Bonchev–Trinajstić information content (AvgIpc) is 3.44. The van der Waals surface area contributed by atoms with E-state index in [0.717, 1.165) is 21.0 Å². The smallest absolute Gasteiger partial charge is 0.244 e. The van der Waals surface area contributed by atoms with Crippen LogP contribution >= 0.6 is 34.4 Å². The summed E-state index contributed by atoms with van der Waals surface area (Å²) in [5, 5.41) is 9.81. The first kappa shape index (κ1) is 21.3. The molecule has 0 aliphatic carbocycles. The van der Waals surface area contributed by atoms with Crippen LogP contribution in [0.3, 0.4) is 0 Å². The highest BCUT2D eigenvalue weighted by molar-refractivity contribution is 8.00. The van der Waals surface area contributed by atoms with E-state index in [2.05, 4.69) is 15.6 Å². The highest BCUT2D eigenvalue weighted by Gasteiger charge is 2.23. The highest BCUT2D eigenvalue weighted by Crippen LogP contribution is 2.38. The number of nitrogens with zero attached hydrogens (tertiary/aromatic N) is 1. The zero-order valence-corrected chi connectivity index (χ0v) is 19.0. The summed E-state index contributed by atoms with van der Waals surface area (Å²) in [5.74, 6) is -0.280. The fourth-order valence-corrected chi connectivity index (χ4v) is 5.48. The van der Waals surface area contributed by atoms with Gasteiger partial charge in [0, 0.05) is 22.9 Å². The number of thioether (sulfide) groups is 1. The Hall–Kier alpha value is -2.94. The molecule has 2 aromatic heterocycles. The number of hydrogen-bond acceptors (Lipinski definition) is 6. The number of rotatable bonds is 7. The number of thiophene rings is 1. The molecule has 156 valence electrons. The number of nitrogens with one attached hydrogen (secondary N) is 2. The molecule has 1 unspecified atom stereocenters. The van der Waals surface area contributed by atoms with Gasteiger partial charge in [0.2, 0.25) is 11.8 Å². The Morgan fingerprint density at radius 3 is 2.55 bits per heavy atom. The van der Waals surface area contributed by atoms with Crippen LogP contribution in [0.25, 0.3) is 10.6 Å². The molecule has 0 aliphatic rings. The quantitative estimate of drug-likeness (QED) is 0.314. The molecule has 8 heteroatoms. The molecule has 0 spiro atoms. The van der Waals surface area contributed by atoms with Crippen molar-refractivity contribution in [3.63, 3.8) is 0 Å². The topological polar surface area (TPSA) is 71.1 Å². The summed E-state index contributed by atoms with van der Waals surface area (Å²) >= 11 is 4.46. The summed E-state index contributed by atoms with van der Waals surface area (Å²) < 4.78 is 0. The molecule has 0 saturated heterocycles. The maximum absolute atomic E-state index is 13.2. The SMILES string of the molecule is CC(=O)Nc1cccc(SC(C(=O)Nc2nc(-c3cccs3)cs2)c2ccccc2)c1. The second-order valence-corrected chi connectivity index (χ2v) is 9.61. The molecule has 0 fully saturated rings. The number of thiazole rings is 1. The molecule has 0 bridgehead atoms. The lowest BCUT2D eigenvalue weighted by Gasteiger charge is -2.16. The number of hydrogen-bond donors (Lipinski definition) is 2. The van der Waals surface area contributed by atoms with Crippen LogP contribution in [0.5, 0.6) is 0 Å². The molecule has 2 aromatic carbocycles. The van der Waals surface area contributed by atoms with Crippen molar-refractivity contribution < 1.29 is 9.59 Å². The summed E-state index contributed by atoms with van der Waals surface area (Å²) in [6.07, 6.45) is 0. The van der Waals surface area contributed by atoms with E-state index in [4.69, 9.17) is 0 Å². The average molecular weight is 466 g/mol. The number of anilines is 2. The van der Waals surface area contributed by atoms with E-state index in [1.165, 1.54) is 30.0 Å². The summed E-state index contributed by atoms with van der Waals surface area (Å²) in [5.41, 5.74) is 2.46. The molecule has 0 radical (unpaired) electrons. The van der Waals surface area contributed by atoms with Crippen molar-refractivity contribution in [3.8, 4) is 10.6 Å². The van der Waals surface area contributed by atoms with Gasteiger partial charge in [-0.05, 0) is 35.2 Å². The number of carbonyl (C=O) groups excluding carboxylic acids is 2. The van der Waals surface area contributed by atoms with E-state index in [1.54, 1.807) is 11.3 Å². The Morgan fingerprint density at radius 1 is 0.968 bits per heavy atom. The predicted octanol–water partition coefficient (Wildman–Crippen LogP) is 6.30. The molecular formula is C23H19N3O2S3. The van der Waals surface area contributed by atoms with Gasteiger partial charge in [0.15, 0.2) is 5.13 Å². The van der Waals surface area contributed by atoms with Crippen molar-refractivity contribution in [1.82, 2.24) is 4.98 Å². The van der Waals surface area contributed by atoms with Gasteiger partial charge in [-0.2, -0.15) is 0 Å². The van der Waals surface area contributed by atoms with Crippen LogP contribution in [-0.4, -0.2) is 16.8 Å². The lowest BCUT2D eigenvalue weighted by Crippen LogP contribution is -2.19. The second kappa shape index (κ2) is 9.91. The number of carbonyl (C=O) groups is 2. The standard InChI is InChI=1S/C23H19N3O2S3/c1-15(27)24-17-9-5-10-18(13-17)31-21(16-7-3-2-4-8-16)22(28)26-23-25-19(14-30-23)20-11-6-12-29-20/h2-14,21H,1H3,(H,24,27)(H,25,26,28). The van der Waals surface area contributed by atoms with Crippen molar-refractivity contribution in [2.45, 2.75) is 17.1 Å². The van der Waals surface area contributed by atoms with Gasteiger partial charge in [-0.3, -0.25) is 9.59 Å². The van der Waals surface area contributed by atoms with Crippen LogP contribution in [0.1, 0.15) is 17.7 Å². The molecule has 2 amide bonds. The van der Waals surface area contributed by atoms with Crippen molar-refractivity contribution >= 4 is 57.1 Å². The Labute approximate surface area is 192 Å².